The number of H-pyrrole nitrogens is 4. The number of nitrogens with zero attached hydrogens (tertiary/aromatic N) is 4. The Bertz CT molecular complexity index is 8200. The molecule has 4 fully saturated rings. The maximum Gasteiger partial charge on any atom is 0.172 e. The second-order valence-corrected chi connectivity index (χ2v) is 37.7. The lowest BCUT2D eigenvalue weighted by atomic mass is 9.96. The lowest BCUT2D eigenvalue weighted by Gasteiger charge is -2.40. The van der Waals surface area contributed by atoms with E-state index in [9.17, 15) is 84.3 Å². The number of aromatic amines is 4. The van der Waals surface area contributed by atoms with Crippen LogP contribution in [0.4, 0.5) is 0 Å². The Morgan fingerprint density at radius 3 is 0.708 bits per heavy atom. The largest absolute Gasteiger partial charge is 0.390 e. The first-order chi connectivity index (χ1) is 66.2. The first kappa shape index (κ1) is 84.6. The lowest BCUT2D eigenvalue weighted by Crippen LogP contribution is -2.54. The van der Waals surface area contributed by atoms with Gasteiger partial charge in [0.2, 0.25) is 0 Å². The van der Waals surface area contributed by atoms with Crippen LogP contribution in [0.2, 0.25) is 0 Å². The summed E-state index contributed by atoms with van der Waals surface area (Å²) in [5.41, 5.74) is 16.2. The highest BCUT2D eigenvalue weighted by atomic mass is 16.6. The van der Waals surface area contributed by atoms with Crippen LogP contribution in [0.5, 0.6) is 0 Å². The van der Waals surface area contributed by atoms with E-state index in [1.54, 1.807) is 32.3 Å². The average Bonchev–Trinajstić information content (AvgIpc) is 1.54. The Hall–Kier alpha value is -14.1. The summed E-state index contributed by atoms with van der Waals surface area (Å²) in [4.78, 5) is 119. The molecule has 0 bridgehead atoms. The van der Waals surface area contributed by atoms with Gasteiger partial charge in [-0.25, -0.2) is 0 Å². The predicted octanol–water partition coefficient (Wildman–Crippen LogP) is 15.9. The van der Waals surface area contributed by atoms with Gasteiger partial charge in [0.25, 0.3) is 0 Å². The van der Waals surface area contributed by atoms with Crippen molar-refractivity contribution in [3.05, 3.63) is 239 Å². The van der Waals surface area contributed by atoms with Crippen LogP contribution in [-0.4, -0.2) is 210 Å². The predicted molar refractivity (Wildman–Crippen MR) is 515 cm³/mol. The molecule has 28 rings (SSSR count). The standard InChI is InChI=1S/C27H22N2O6.3C27H22N2O5/c1-11-24(32)25(33)26(34)27(35-11)29-15-9-5-3-7-13(15)19-21-17(31)10-16(30)20(21)18-12-6-2-4-8-14(12)28-22(18)23(19)29;3*1-12-27(33)19(32)11-20(34-12)29-16-9-5-3-7-14(16)22-24-18(31)10-17(30)23(24)21-13-6-2-4-8-15(13)28-25(21)26(22)29/h2-9,11,24-28,32-34H,10H2,1H3;3*2-9,12,19-20,27-28,32-33H,10-11H2,1H3/t11-,24-,25+,26+,27+;12-,19+,20+,27-;12-,19-,20+,27-;12-,19-,20-,27-/m0001/s1. The topological polar surface area (TPSA) is 438 Å². The van der Waals surface area contributed by atoms with Crippen molar-refractivity contribution in [2.75, 3.05) is 0 Å². The molecular weight excluding hydrogens is 1750 g/mol. The Morgan fingerprint density at radius 2 is 0.453 bits per heavy atom. The maximum atomic E-state index is 13.2. The number of ketones is 8. The summed E-state index contributed by atoms with van der Waals surface area (Å²) >= 11 is 0. The van der Waals surface area contributed by atoms with Crippen LogP contribution in [-0.2, 0) is 18.9 Å². The zero-order chi connectivity index (χ0) is 94.1. The van der Waals surface area contributed by atoms with Crippen LogP contribution >= 0.6 is 0 Å². The van der Waals surface area contributed by atoms with Gasteiger partial charge < -0.3 is 103 Å². The smallest absolute Gasteiger partial charge is 0.172 e. The van der Waals surface area contributed by atoms with Crippen LogP contribution < -0.4 is 0 Å². The number of para-hydroxylation sites is 8. The van der Waals surface area contributed by atoms with Gasteiger partial charge in [-0.15, -0.1) is 0 Å². The molecule has 12 heterocycles. The van der Waals surface area contributed by atoms with Gasteiger partial charge in [0.15, 0.2) is 52.5 Å². The number of hydrogen-bond acceptors (Lipinski definition) is 21. The molecule has 0 spiro atoms. The molecular formula is C108H88N8O21. The minimum absolute atomic E-state index is 0.134. The second-order valence-electron chi connectivity index (χ2n) is 37.7. The summed E-state index contributed by atoms with van der Waals surface area (Å²) in [5.74, 6) is -1.44. The first-order valence-corrected chi connectivity index (χ1v) is 46.2. The van der Waals surface area contributed by atoms with Crippen molar-refractivity contribution in [3.8, 4) is 0 Å². The Labute approximate surface area is 773 Å². The Balaban J connectivity index is 0.0000000970. The third-order valence-electron chi connectivity index (χ3n) is 29.9. The molecule has 4 saturated heterocycles. The monoisotopic (exact) mass is 1830 g/mol. The van der Waals surface area contributed by atoms with Gasteiger partial charge in [0.05, 0.1) is 135 Å². The molecule has 17 atom stereocenters. The SMILES string of the molecule is C[C@@H]1O[C@@H](n2c3ccccc3c3c4c(c5c6ccccc6[nH]c5c32)C(=O)CC4=O)C[C@@H](O)[C@H]1O.C[C@@H]1O[C@@H](n2c3ccccc3c3c4c(c5c6ccccc6[nH]c5c32)C(=O)CC4=O)C[C@H](O)[C@H]1O.C[C@@H]1O[C@@H](n2c3ccccc3c3c4c(c5c6ccccc6[nH]c5c32)C(=O)CC4=O)[C@H](O)[C@H](O)[C@H]1O.C[C@H]1O[C@@H](n2c3ccccc3c3c4c(c5c6ccccc6[nH]c5c32)C(=O)CC4=O)C[C@@H](O)[C@@H]1O. The molecule has 8 aromatic heterocycles. The summed E-state index contributed by atoms with van der Waals surface area (Å²) in [5, 5.41) is 107. The molecule has 12 aromatic carbocycles. The van der Waals surface area contributed by atoms with Crippen molar-refractivity contribution in [1.29, 1.82) is 0 Å². The third kappa shape index (κ3) is 12.0. The van der Waals surface area contributed by atoms with E-state index < -0.39 is 104 Å². The molecule has 686 valence electrons. The van der Waals surface area contributed by atoms with Gasteiger partial charge in [0, 0.05) is 172 Å². The number of aliphatic hydroxyl groups is 9. The van der Waals surface area contributed by atoms with Crippen LogP contribution in [0.3, 0.4) is 0 Å². The zero-order valence-corrected chi connectivity index (χ0v) is 74.0. The zero-order valence-electron chi connectivity index (χ0n) is 74.0. The average molecular weight is 1830 g/mol. The molecule has 13 N–H and O–H groups in total. The van der Waals surface area contributed by atoms with Gasteiger partial charge in [-0.05, 0) is 76.2 Å². The molecule has 137 heavy (non-hydrogen) atoms. The van der Waals surface area contributed by atoms with Crippen molar-refractivity contribution in [1.82, 2.24) is 38.2 Å². The minimum atomic E-state index is -1.43. The number of aromatic nitrogens is 8. The molecule has 8 aliphatic rings. The Kier molecular flexibility index (Phi) is 19.1. The normalized spacial score (nSPS) is 25.7. The minimum Gasteiger partial charge on any atom is -0.390 e. The molecule has 29 nitrogen and oxygen atoms in total. The van der Waals surface area contributed by atoms with E-state index >= 15 is 0 Å². The number of carbonyl (C=O) groups is 8. The quantitative estimate of drug-likeness (QED) is 0.0728. The number of hydrogen-bond donors (Lipinski definition) is 13. The van der Waals surface area contributed by atoms with Crippen molar-refractivity contribution >= 4 is 221 Å². The number of Topliss-reactive ketones (excluding diaryl/α,β-unsaturated/α-hetero) is 8. The summed E-state index contributed by atoms with van der Waals surface area (Å²) < 4.78 is 32.5. The van der Waals surface area contributed by atoms with Gasteiger partial charge in [-0.3, -0.25) is 38.4 Å². The van der Waals surface area contributed by atoms with Crippen LogP contribution in [0, 0.1) is 0 Å². The summed E-state index contributed by atoms with van der Waals surface area (Å²) in [6.07, 6.45) is -15.0. The fourth-order valence-electron chi connectivity index (χ4n) is 23.9. The second kappa shape index (κ2) is 30.9. The highest BCUT2D eigenvalue weighted by molar-refractivity contribution is 6.45. The van der Waals surface area contributed by atoms with Crippen molar-refractivity contribution in [2.45, 2.75) is 177 Å². The molecule has 4 aliphatic carbocycles. The lowest BCUT2D eigenvalue weighted by molar-refractivity contribution is -0.238. The van der Waals surface area contributed by atoms with Crippen LogP contribution in [0.15, 0.2) is 194 Å². The first-order valence-electron chi connectivity index (χ1n) is 46.2. The molecule has 0 saturated carbocycles. The van der Waals surface area contributed by atoms with E-state index in [2.05, 4.69) is 19.9 Å². The van der Waals surface area contributed by atoms with E-state index in [1.807, 2.05) is 208 Å². The molecule has 4 aliphatic heterocycles. The van der Waals surface area contributed by atoms with Crippen LogP contribution in [0.25, 0.3) is 174 Å². The number of aliphatic hydroxyl groups excluding tert-OH is 9. The number of fused-ring (bicyclic) bond motifs is 40. The van der Waals surface area contributed by atoms with Crippen molar-refractivity contribution in [3.63, 3.8) is 0 Å². The third-order valence-corrected chi connectivity index (χ3v) is 29.9. The van der Waals surface area contributed by atoms with E-state index in [1.165, 1.54) is 0 Å². The number of ether oxygens (including phenoxy) is 4. The van der Waals surface area contributed by atoms with Gasteiger partial charge in [0.1, 0.15) is 55.3 Å². The number of benzene rings is 12. The van der Waals surface area contributed by atoms with E-state index in [0.29, 0.717) is 71.8 Å². The molecule has 0 radical (unpaired) electrons. The molecule has 29 heteroatoms. The number of carbonyl (C=O) groups excluding carboxylic acids is 8. The summed E-state index contributed by atoms with van der Waals surface area (Å²) in [6, 6.07) is 61.6. The van der Waals surface area contributed by atoms with Crippen molar-refractivity contribution < 1.29 is 103 Å². The molecule has 20 aromatic rings. The van der Waals surface area contributed by atoms with Crippen LogP contribution in [0.1, 0.15) is 180 Å². The van der Waals surface area contributed by atoms with Gasteiger partial charge in [-0.2, -0.15) is 0 Å². The number of nitrogens with one attached hydrogen (secondary N) is 4. The number of rotatable bonds is 4. The molecule has 0 unspecified atom stereocenters. The fourth-order valence-corrected chi connectivity index (χ4v) is 23.9. The van der Waals surface area contributed by atoms with E-state index in [4.69, 9.17) is 18.9 Å². The fraction of sp³-hybridized carbons (Fsp3) is 0.259. The van der Waals surface area contributed by atoms with Crippen molar-refractivity contribution in [2.24, 2.45) is 0 Å². The molecule has 0 amide bonds. The maximum absolute atomic E-state index is 13.2. The Morgan fingerprint density at radius 1 is 0.241 bits per heavy atom. The van der Waals surface area contributed by atoms with E-state index in [-0.39, 0.29) is 91.2 Å². The highest BCUT2D eigenvalue weighted by Gasteiger charge is 2.49. The highest BCUT2D eigenvalue weighted by Crippen LogP contribution is 2.54. The summed E-state index contributed by atoms with van der Waals surface area (Å²) in [7, 11) is 0. The summed E-state index contributed by atoms with van der Waals surface area (Å²) in [6.45, 7) is 6.87. The van der Waals surface area contributed by atoms with Gasteiger partial charge >= 0.3 is 0 Å². The van der Waals surface area contributed by atoms with Gasteiger partial charge in [-0.1, -0.05) is 146 Å². The van der Waals surface area contributed by atoms with E-state index in [0.717, 1.165) is 147 Å².